The monoisotopic (exact) mass is 285 g/mol. The van der Waals surface area contributed by atoms with Crippen LogP contribution in [0.1, 0.15) is 16.7 Å². The molecule has 0 atom stereocenters. The fourth-order valence-electron chi connectivity index (χ4n) is 1.91. The van der Waals surface area contributed by atoms with Crippen LogP contribution >= 0.6 is 0 Å². The van der Waals surface area contributed by atoms with Crippen LogP contribution in [0, 0.1) is 22.4 Å². The maximum Gasteiger partial charge on any atom is 0.310 e. The summed E-state index contributed by atoms with van der Waals surface area (Å²) in [4.78, 5) is 10.4. The molecule has 6 heteroatoms. The van der Waals surface area contributed by atoms with Crippen LogP contribution < -0.4 is 10.5 Å². The van der Waals surface area contributed by atoms with Crippen molar-refractivity contribution >= 4 is 11.5 Å². The highest BCUT2D eigenvalue weighted by molar-refractivity contribution is 5.95. The third-order valence-electron chi connectivity index (χ3n) is 3.10. The molecule has 0 aliphatic heterocycles. The minimum absolute atomic E-state index is 0.00395. The van der Waals surface area contributed by atoms with E-state index in [1.807, 2.05) is 6.92 Å². The van der Waals surface area contributed by atoms with Crippen LogP contribution in [0.15, 0.2) is 42.5 Å². The summed E-state index contributed by atoms with van der Waals surface area (Å²) in [5.74, 6) is 0.238. The average Bonchev–Trinajstić information content (AvgIpc) is 2.46. The van der Waals surface area contributed by atoms with Gasteiger partial charge >= 0.3 is 5.69 Å². The molecule has 2 aromatic carbocycles. The van der Waals surface area contributed by atoms with E-state index in [1.165, 1.54) is 6.07 Å². The van der Waals surface area contributed by atoms with Crippen LogP contribution in [-0.4, -0.2) is 10.8 Å². The molecule has 0 aromatic heterocycles. The minimum atomic E-state index is -0.471. The molecule has 0 amide bonds. The van der Waals surface area contributed by atoms with Gasteiger partial charge in [-0.1, -0.05) is 24.3 Å². The Balaban J connectivity index is 2.17. The van der Waals surface area contributed by atoms with Gasteiger partial charge in [-0.25, -0.2) is 0 Å². The lowest BCUT2D eigenvalue weighted by atomic mass is 10.1. The van der Waals surface area contributed by atoms with E-state index in [1.54, 1.807) is 36.4 Å². The molecule has 0 aliphatic carbocycles. The van der Waals surface area contributed by atoms with Crippen LogP contribution in [0.25, 0.3) is 0 Å². The topological polar surface area (TPSA) is 102 Å². The van der Waals surface area contributed by atoms with E-state index in [4.69, 9.17) is 15.9 Å². The van der Waals surface area contributed by atoms with Gasteiger partial charge in [-0.3, -0.25) is 15.5 Å². The molecule has 0 saturated carbocycles. The molecule has 21 heavy (non-hydrogen) atoms. The lowest BCUT2D eigenvalue weighted by molar-refractivity contribution is -0.385. The number of nitrogens with two attached hydrogens (primary N) is 1. The van der Waals surface area contributed by atoms with E-state index in [0.29, 0.717) is 5.56 Å². The Morgan fingerprint density at radius 2 is 2.05 bits per heavy atom. The number of hydrogen-bond acceptors (Lipinski definition) is 4. The number of amidine groups is 1. The Labute approximate surface area is 121 Å². The molecule has 0 aliphatic rings. The predicted octanol–water partition coefficient (Wildman–Crippen LogP) is 2.77. The summed E-state index contributed by atoms with van der Waals surface area (Å²) in [7, 11) is 0. The summed E-state index contributed by atoms with van der Waals surface area (Å²) in [6, 6.07) is 11.6. The number of ether oxygens (including phenoxy) is 1. The number of para-hydroxylation sites is 2. The second-order valence-electron chi connectivity index (χ2n) is 4.57. The normalized spacial score (nSPS) is 10.1. The molecule has 0 fully saturated rings. The van der Waals surface area contributed by atoms with Crippen LogP contribution in [0.3, 0.4) is 0 Å². The molecule has 3 N–H and O–H groups in total. The van der Waals surface area contributed by atoms with Gasteiger partial charge in [0.15, 0.2) is 5.75 Å². The van der Waals surface area contributed by atoms with Gasteiger partial charge in [-0.2, -0.15) is 0 Å². The Bertz CT molecular complexity index is 698. The molecule has 0 radical (unpaired) electrons. The third-order valence-corrected chi connectivity index (χ3v) is 3.10. The number of nitro groups is 1. The lowest BCUT2D eigenvalue weighted by Crippen LogP contribution is -2.11. The van der Waals surface area contributed by atoms with Gasteiger partial charge in [0.1, 0.15) is 12.4 Å². The van der Waals surface area contributed by atoms with Crippen molar-refractivity contribution in [1.29, 1.82) is 5.41 Å². The van der Waals surface area contributed by atoms with Crippen molar-refractivity contribution in [2.45, 2.75) is 13.5 Å². The Kier molecular flexibility index (Phi) is 4.18. The maximum absolute atomic E-state index is 10.9. The molecule has 0 unspecified atom stereocenters. The smallest absolute Gasteiger partial charge is 0.310 e. The van der Waals surface area contributed by atoms with Crippen molar-refractivity contribution < 1.29 is 9.66 Å². The number of nitrogens with one attached hydrogen (secondary N) is 1. The van der Waals surface area contributed by atoms with E-state index in [-0.39, 0.29) is 23.9 Å². The van der Waals surface area contributed by atoms with Gasteiger partial charge in [0, 0.05) is 11.6 Å². The summed E-state index contributed by atoms with van der Waals surface area (Å²) in [5.41, 5.74) is 7.81. The van der Waals surface area contributed by atoms with Crippen molar-refractivity contribution in [3.8, 4) is 5.75 Å². The zero-order chi connectivity index (χ0) is 15.4. The summed E-state index contributed by atoms with van der Waals surface area (Å²) >= 11 is 0. The van der Waals surface area contributed by atoms with Gasteiger partial charge in [0.2, 0.25) is 0 Å². The first-order valence-corrected chi connectivity index (χ1v) is 6.29. The summed E-state index contributed by atoms with van der Waals surface area (Å²) in [6.07, 6.45) is 0. The number of nitro benzene ring substituents is 1. The van der Waals surface area contributed by atoms with Gasteiger partial charge in [0.05, 0.1) is 4.92 Å². The molecule has 0 saturated heterocycles. The fourth-order valence-corrected chi connectivity index (χ4v) is 1.91. The highest BCUT2D eigenvalue weighted by atomic mass is 16.6. The number of nitrogen functional groups attached to an aromatic ring is 1. The van der Waals surface area contributed by atoms with E-state index in [2.05, 4.69) is 0 Å². The van der Waals surface area contributed by atoms with Gasteiger partial charge in [0.25, 0.3) is 0 Å². The second-order valence-corrected chi connectivity index (χ2v) is 4.57. The Morgan fingerprint density at radius 1 is 1.33 bits per heavy atom. The molecule has 0 bridgehead atoms. The summed E-state index contributed by atoms with van der Waals surface area (Å²) in [6.45, 7) is 2.10. The van der Waals surface area contributed by atoms with E-state index >= 15 is 0 Å². The molecule has 2 rings (SSSR count). The SMILES string of the molecule is Cc1cc(C(=N)N)ccc1COc1ccccc1[N+](=O)[O-]. The Hall–Kier alpha value is -2.89. The third kappa shape index (κ3) is 3.36. The number of nitrogens with zero attached hydrogens (tertiary/aromatic N) is 1. The predicted molar refractivity (Wildman–Crippen MR) is 79.6 cm³/mol. The maximum atomic E-state index is 10.9. The van der Waals surface area contributed by atoms with Crippen molar-refractivity contribution in [2.75, 3.05) is 0 Å². The van der Waals surface area contributed by atoms with Gasteiger partial charge < -0.3 is 10.5 Å². The molecular weight excluding hydrogens is 270 g/mol. The largest absolute Gasteiger partial charge is 0.482 e. The average molecular weight is 285 g/mol. The number of benzene rings is 2. The van der Waals surface area contributed by atoms with Gasteiger partial charge in [-0.05, 0) is 30.2 Å². The second kappa shape index (κ2) is 6.04. The van der Waals surface area contributed by atoms with Crippen molar-refractivity contribution in [1.82, 2.24) is 0 Å². The minimum Gasteiger partial charge on any atom is -0.482 e. The fraction of sp³-hybridized carbons (Fsp3) is 0.133. The molecule has 0 heterocycles. The first-order valence-electron chi connectivity index (χ1n) is 6.29. The first-order chi connectivity index (χ1) is 9.99. The highest BCUT2D eigenvalue weighted by Crippen LogP contribution is 2.27. The van der Waals surface area contributed by atoms with E-state index < -0.39 is 4.92 Å². The quantitative estimate of drug-likeness (QED) is 0.381. The molecule has 6 nitrogen and oxygen atoms in total. The lowest BCUT2D eigenvalue weighted by Gasteiger charge is -2.10. The Morgan fingerprint density at radius 3 is 2.67 bits per heavy atom. The zero-order valence-corrected chi connectivity index (χ0v) is 11.5. The summed E-state index contributed by atoms with van der Waals surface area (Å²) in [5, 5.41) is 18.3. The zero-order valence-electron chi connectivity index (χ0n) is 11.5. The first kappa shape index (κ1) is 14.5. The highest BCUT2D eigenvalue weighted by Gasteiger charge is 2.14. The van der Waals surface area contributed by atoms with Crippen LogP contribution in [0.2, 0.25) is 0 Å². The number of rotatable bonds is 5. The van der Waals surface area contributed by atoms with E-state index in [9.17, 15) is 10.1 Å². The van der Waals surface area contributed by atoms with Crippen LogP contribution in [0.4, 0.5) is 5.69 Å². The number of aryl methyl sites for hydroxylation is 1. The summed E-state index contributed by atoms with van der Waals surface area (Å²) < 4.78 is 5.54. The van der Waals surface area contributed by atoms with E-state index in [0.717, 1.165) is 11.1 Å². The standard InChI is InChI=1S/C15H15N3O3/c1-10-8-11(15(16)17)6-7-12(10)9-21-14-5-3-2-4-13(14)18(19)20/h2-8H,9H2,1H3,(H3,16,17). The molecular formula is C15H15N3O3. The van der Waals surface area contributed by atoms with Crippen molar-refractivity contribution in [3.05, 3.63) is 69.3 Å². The molecule has 0 spiro atoms. The molecule has 2 aromatic rings. The molecule has 108 valence electrons. The number of hydrogen-bond donors (Lipinski definition) is 2. The van der Waals surface area contributed by atoms with Crippen molar-refractivity contribution in [3.63, 3.8) is 0 Å². The van der Waals surface area contributed by atoms with Gasteiger partial charge in [-0.15, -0.1) is 0 Å². The van der Waals surface area contributed by atoms with Crippen LogP contribution in [-0.2, 0) is 6.61 Å². The van der Waals surface area contributed by atoms with Crippen LogP contribution in [0.5, 0.6) is 5.75 Å². The van der Waals surface area contributed by atoms with Crippen molar-refractivity contribution in [2.24, 2.45) is 5.73 Å².